The summed E-state index contributed by atoms with van der Waals surface area (Å²) in [5.74, 6) is -1.83. The van der Waals surface area contributed by atoms with Crippen LogP contribution in [0.4, 0.5) is 5.69 Å². The third-order valence-corrected chi connectivity index (χ3v) is 4.98. The minimum atomic E-state index is -0.632. The number of amides is 3. The summed E-state index contributed by atoms with van der Waals surface area (Å²) in [5.41, 5.74) is -0.150. The molecule has 1 atom stereocenters. The molecule has 148 valence electrons. The molecular weight excluding hydrogens is 370 g/mol. The number of imide groups is 1. The van der Waals surface area contributed by atoms with Gasteiger partial charge in [-0.2, -0.15) is 0 Å². The number of nitrogens with zero attached hydrogens (tertiary/aromatic N) is 3. The number of carbonyl (C=O) groups excluding carboxylic acids is 4. The molecule has 2 aliphatic heterocycles. The molecule has 0 saturated carbocycles. The van der Waals surface area contributed by atoms with Crippen LogP contribution < -0.4 is 0 Å². The maximum absolute atomic E-state index is 12.4. The average molecular weight is 389 g/mol. The first-order valence-electron chi connectivity index (χ1n) is 8.87. The molecule has 1 aromatic carbocycles. The summed E-state index contributed by atoms with van der Waals surface area (Å²) in [5, 5.41) is 10.9. The van der Waals surface area contributed by atoms with Gasteiger partial charge < -0.3 is 9.64 Å². The fraction of sp³-hybridized carbons (Fsp3) is 0.444. The van der Waals surface area contributed by atoms with Crippen LogP contribution in [0.15, 0.2) is 18.2 Å². The number of ether oxygens (including phenoxy) is 1. The van der Waals surface area contributed by atoms with Gasteiger partial charge in [0.2, 0.25) is 5.91 Å². The molecule has 3 amide bonds. The van der Waals surface area contributed by atoms with Crippen LogP contribution in [-0.4, -0.2) is 64.7 Å². The third-order valence-electron chi connectivity index (χ3n) is 4.98. The Labute approximate surface area is 160 Å². The van der Waals surface area contributed by atoms with Gasteiger partial charge in [0.25, 0.3) is 17.5 Å². The maximum atomic E-state index is 12.4. The zero-order chi connectivity index (χ0) is 20.4. The first-order chi connectivity index (χ1) is 13.3. The molecule has 0 aliphatic carbocycles. The van der Waals surface area contributed by atoms with Gasteiger partial charge in [0.15, 0.2) is 0 Å². The molecular formula is C18H19N3O7. The van der Waals surface area contributed by atoms with E-state index in [0.717, 1.165) is 11.0 Å². The van der Waals surface area contributed by atoms with E-state index in [1.807, 2.05) is 0 Å². The largest absolute Gasteiger partial charge is 0.467 e. The Morgan fingerprint density at radius 2 is 1.96 bits per heavy atom. The van der Waals surface area contributed by atoms with E-state index in [1.54, 1.807) is 0 Å². The van der Waals surface area contributed by atoms with E-state index in [2.05, 4.69) is 0 Å². The van der Waals surface area contributed by atoms with E-state index in [-0.39, 0.29) is 42.1 Å². The van der Waals surface area contributed by atoms with E-state index in [0.29, 0.717) is 19.4 Å². The number of carbonyl (C=O) groups is 4. The first-order valence-corrected chi connectivity index (χ1v) is 8.87. The second-order valence-corrected chi connectivity index (χ2v) is 6.62. The Morgan fingerprint density at radius 3 is 2.64 bits per heavy atom. The quantitative estimate of drug-likeness (QED) is 0.309. The van der Waals surface area contributed by atoms with Crippen molar-refractivity contribution in [3.63, 3.8) is 0 Å². The summed E-state index contributed by atoms with van der Waals surface area (Å²) in [6, 6.07) is 2.95. The predicted octanol–water partition coefficient (Wildman–Crippen LogP) is 1.13. The maximum Gasteiger partial charge on any atom is 0.328 e. The SMILES string of the molecule is COC(=O)C1CCCN1C(=O)CCCN1C(=O)c2ccc([N+](=O)[O-])cc2C1=O. The minimum Gasteiger partial charge on any atom is -0.467 e. The highest BCUT2D eigenvalue weighted by atomic mass is 16.6. The highest BCUT2D eigenvalue weighted by Gasteiger charge is 2.37. The molecule has 10 heteroatoms. The van der Waals surface area contributed by atoms with E-state index < -0.39 is 28.7 Å². The third kappa shape index (κ3) is 3.45. The fourth-order valence-electron chi connectivity index (χ4n) is 3.57. The van der Waals surface area contributed by atoms with Gasteiger partial charge in [0.1, 0.15) is 6.04 Å². The fourth-order valence-corrected chi connectivity index (χ4v) is 3.57. The second kappa shape index (κ2) is 7.75. The van der Waals surface area contributed by atoms with Gasteiger partial charge in [0.05, 0.1) is 23.2 Å². The number of methoxy groups -OCH3 is 1. The Balaban J connectivity index is 1.60. The van der Waals surface area contributed by atoms with Crippen LogP contribution in [0.25, 0.3) is 0 Å². The molecule has 0 spiro atoms. The van der Waals surface area contributed by atoms with E-state index in [1.165, 1.54) is 24.1 Å². The summed E-state index contributed by atoms with van der Waals surface area (Å²) >= 11 is 0. The number of fused-ring (bicyclic) bond motifs is 1. The summed E-state index contributed by atoms with van der Waals surface area (Å²) in [6.45, 7) is 0.484. The highest BCUT2D eigenvalue weighted by molar-refractivity contribution is 6.21. The molecule has 2 heterocycles. The average Bonchev–Trinajstić information content (AvgIpc) is 3.26. The van der Waals surface area contributed by atoms with E-state index >= 15 is 0 Å². The molecule has 1 unspecified atom stereocenters. The second-order valence-electron chi connectivity index (χ2n) is 6.62. The lowest BCUT2D eigenvalue weighted by Gasteiger charge is -2.23. The number of nitro groups is 1. The Kier molecular flexibility index (Phi) is 5.39. The van der Waals surface area contributed by atoms with Crippen molar-refractivity contribution in [2.75, 3.05) is 20.2 Å². The van der Waals surface area contributed by atoms with Crippen molar-refractivity contribution in [3.8, 4) is 0 Å². The van der Waals surface area contributed by atoms with Crippen LogP contribution in [0.1, 0.15) is 46.4 Å². The van der Waals surface area contributed by atoms with Crippen LogP contribution in [0, 0.1) is 10.1 Å². The molecule has 28 heavy (non-hydrogen) atoms. The topological polar surface area (TPSA) is 127 Å². The minimum absolute atomic E-state index is 0.00387. The smallest absolute Gasteiger partial charge is 0.328 e. The number of hydrogen-bond acceptors (Lipinski definition) is 7. The summed E-state index contributed by atoms with van der Waals surface area (Å²) in [7, 11) is 1.27. The van der Waals surface area contributed by atoms with Crippen LogP contribution in [0.3, 0.4) is 0 Å². The Bertz CT molecular complexity index is 867. The molecule has 0 radical (unpaired) electrons. The van der Waals surface area contributed by atoms with Crippen molar-refractivity contribution in [3.05, 3.63) is 39.4 Å². The van der Waals surface area contributed by atoms with Crippen LogP contribution >= 0.6 is 0 Å². The summed E-state index contributed by atoms with van der Waals surface area (Å²) in [6.07, 6.45) is 1.57. The molecule has 0 aromatic heterocycles. The highest BCUT2D eigenvalue weighted by Crippen LogP contribution is 2.27. The zero-order valence-corrected chi connectivity index (χ0v) is 15.3. The van der Waals surface area contributed by atoms with Gasteiger partial charge >= 0.3 is 5.97 Å². The van der Waals surface area contributed by atoms with Gasteiger partial charge in [-0.15, -0.1) is 0 Å². The van der Waals surface area contributed by atoms with Crippen LogP contribution in [-0.2, 0) is 14.3 Å². The number of benzene rings is 1. The van der Waals surface area contributed by atoms with Gasteiger partial charge in [-0.05, 0) is 25.3 Å². The Morgan fingerprint density at radius 1 is 1.25 bits per heavy atom. The molecule has 0 N–H and O–H groups in total. The number of non-ortho nitro benzene ring substituents is 1. The van der Waals surface area contributed by atoms with Crippen molar-refractivity contribution in [1.29, 1.82) is 0 Å². The number of esters is 1. The van der Waals surface area contributed by atoms with Crippen LogP contribution in [0.5, 0.6) is 0 Å². The molecule has 10 nitrogen and oxygen atoms in total. The summed E-state index contributed by atoms with van der Waals surface area (Å²) < 4.78 is 4.71. The number of rotatable bonds is 6. The molecule has 1 fully saturated rings. The number of nitro benzene ring substituents is 1. The monoisotopic (exact) mass is 389 g/mol. The van der Waals surface area contributed by atoms with E-state index in [4.69, 9.17) is 4.74 Å². The molecule has 0 bridgehead atoms. The first kappa shape index (κ1) is 19.5. The summed E-state index contributed by atoms with van der Waals surface area (Å²) in [4.78, 5) is 61.6. The molecule has 2 aliphatic rings. The van der Waals surface area contributed by atoms with Crippen molar-refractivity contribution >= 4 is 29.4 Å². The standard InChI is InChI=1S/C18H19N3O7/c1-28-18(25)14-4-2-8-19(14)15(22)5-3-9-20-16(23)12-7-6-11(21(26)27)10-13(12)17(20)24/h6-7,10,14H,2-5,8-9H2,1H3. The van der Waals surface area contributed by atoms with Crippen LogP contribution in [0.2, 0.25) is 0 Å². The lowest BCUT2D eigenvalue weighted by atomic mass is 10.1. The zero-order valence-electron chi connectivity index (χ0n) is 15.3. The number of hydrogen-bond donors (Lipinski definition) is 0. The van der Waals surface area contributed by atoms with Gasteiger partial charge in [-0.1, -0.05) is 0 Å². The van der Waals surface area contributed by atoms with Crippen molar-refractivity contribution in [1.82, 2.24) is 9.80 Å². The van der Waals surface area contributed by atoms with Gasteiger partial charge in [0, 0.05) is 31.6 Å². The Hall–Kier alpha value is -3.30. The number of likely N-dealkylation sites (tertiary alicyclic amines) is 1. The van der Waals surface area contributed by atoms with Crippen molar-refractivity contribution in [2.24, 2.45) is 0 Å². The van der Waals surface area contributed by atoms with E-state index in [9.17, 15) is 29.3 Å². The molecule has 1 saturated heterocycles. The molecule has 1 aromatic rings. The van der Waals surface area contributed by atoms with Crippen molar-refractivity contribution < 1.29 is 28.8 Å². The lowest BCUT2D eigenvalue weighted by Crippen LogP contribution is -2.41. The predicted molar refractivity (Wildman–Crippen MR) is 94.4 cm³/mol. The normalized spacial score (nSPS) is 18.4. The van der Waals surface area contributed by atoms with Crippen molar-refractivity contribution in [2.45, 2.75) is 31.7 Å². The lowest BCUT2D eigenvalue weighted by molar-refractivity contribution is -0.384. The molecule has 3 rings (SSSR count). The van der Waals surface area contributed by atoms with Gasteiger partial charge in [-0.3, -0.25) is 29.4 Å². The van der Waals surface area contributed by atoms with Gasteiger partial charge in [-0.25, -0.2) is 4.79 Å².